The zero-order valence-corrected chi connectivity index (χ0v) is 30.9. The molecule has 58 heavy (non-hydrogen) atoms. The highest BCUT2D eigenvalue weighted by atomic mass is 19.1. The Labute approximate surface area is 333 Å². The Bertz CT molecular complexity index is 2340. The number of pyridine rings is 1. The SMILES string of the molecule is O=C1COc2ccc(cc2)CC(C(=O)O)NC(=O)C(C=Cc2ccccc2F)NC(=O)C(Cc2ccc(-c3ccccc3)cc2)NC(=O)C(C#Cc2ccncc2)N1. The number of amides is 4. The van der Waals surface area contributed by atoms with Crippen LogP contribution >= 0.6 is 0 Å². The number of carbonyl (C=O) groups excluding carboxylic acids is 4. The molecule has 3 heterocycles. The molecule has 4 aromatic carbocycles. The van der Waals surface area contributed by atoms with E-state index in [0.29, 0.717) is 16.7 Å². The number of aromatic nitrogens is 1. The maximum absolute atomic E-state index is 14.7. The molecule has 0 saturated carbocycles. The first-order chi connectivity index (χ1) is 28.1. The Morgan fingerprint density at radius 1 is 0.776 bits per heavy atom. The van der Waals surface area contributed by atoms with E-state index < -0.39 is 66.2 Å². The molecule has 5 N–H and O–H groups in total. The number of hydrogen-bond donors (Lipinski definition) is 5. The molecule has 0 spiro atoms. The van der Waals surface area contributed by atoms with Crippen molar-refractivity contribution < 1.29 is 38.2 Å². The number of carboxylic acids is 1. The van der Waals surface area contributed by atoms with Gasteiger partial charge in [0.05, 0.1) is 0 Å². The van der Waals surface area contributed by atoms with Crippen molar-refractivity contribution in [2.24, 2.45) is 0 Å². The second kappa shape index (κ2) is 19.3. The van der Waals surface area contributed by atoms with E-state index in [2.05, 4.69) is 38.1 Å². The maximum atomic E-state index is 14.7. The first-order valence-electron chi connectivity index (χ1n) is 18.2. The molecule has 5 aromatic rings. The van der Waals surface area contributed by atoms with Crippen LogP contribution in [0.5, 0.6) is 5.75 Å². The van der Waals surface area contributed by atoms with Gasteiger partial charge in [-0.3, -0.25) is 24.2 Å². The van der Waals surface area contributed by atoms with Gasteiger partial charge in [0, 0.05) is 36.4 Å². The number of fused-ring (bicyclic) bond motifs is 16. The molecule has 4 atom stereocenters. The minimum absolute atomic E-state index is 0.0781. The second-order valence-electron chi connectivity index (χ2n) is 13.2. The maximum Gasteiger partial charge on any atom is 0.326 e. The van der Waals surface area contributed by atoms with Crippen molar-refractivity contribution in [1.29, 1.82) is 0 Å². The summed E-state index contributed by atoms with van der Waals surface area (Å²) < 4.78 is 20.3. The second-order valence-corrected chi connectivity index (χ2v) is 13.2. The molecule has 2 aliphatic heterocycles. The molecule has 4 amide bonds. The number of carboxylic acid groups (broad SMARTS) is 1. The van der Waals surface area contributed by atoms with Crippen LogP contribution < -0.4 is 26.0 Å². The Morgan fingerprint density at radius 3 is 2.17 bits per heavy atom. The fraction of sp³-hybridized carbons (Fsp3) is 0.156. The van der Waals surface area contributed by atoms with Crippen molar-refractivity contribution in [3.05, 3.63) is 162 Å². The predicted octanol–water partition coefficient (Wildman–Crippen LogP) is 3.85. The van der Waals surface area contributed by atoms with E-state index in [1.807, 2.05) is 42.5 Å². The zero-order valence-electron chi connectivity index (χ0n) is 30.9. The van der Waals surface area contributed by atoms with Crippen LogP contribution in [0.4, 0.5) is 4.39 Å². The molecule has 2 bridgehead atoms. The van der Waals surface area contributed by atoms with Gasteiger partial charge in [0.15, 0.2) is 12.6 Å². The summed E-state index contributed by atoms with van der Waals surface area (Å²) in [5.74, 6) is 0.679. The van der Waals surface area contributed by atoms with Gasteiger partial charge in [-0.15, -0.1) is 0 Å². The number of aliphatic carboxylic acids is 1. The van der Waals surface area contributed by atoms with Gasteiger partial charge in [-0.2, -0.15) is 0 Å². The quantitative estimate of drug-likeness (QED) is 0.128. The topological polar surface area (TPSA) is 176 Å². The summed E-state index contributed by atoms with van der Waals surface area (Å²) in [6.07, 6.45) is 5.34. The predicted molar refractivity (Wildman–Crippen MR) is 213 cm³/mol. The van der Waals surface area contributed by atoms with Crippen LogP contribution in [0.25, 0.3) is 17.2 Å². The number of carbonyl (C=O) groups is 5. The van der Waals surface area contributed by atoms with Crippen molar-refractivity contribution in [3.63, 3.8) is 0 Å². The summed E-state index contributed by atoms with van der Waals surface area (Å²) in [6, 6.07) is 26.4. The van der Waals surface area contributed by atoms with Gasteiger partial charge in [-0.1, -0.05) is 109 Å². The Balaban J connectivity index is 1.37. The highest BCUT2D eigenvalue weighted by Gasteiger charge is 2.31. The number of ether oxygens (including phenoxy) is 1. The van der Waals surface area contributed by atoms with Crippen molar-refractivity contribution >= 4 is 35.7 Å². The fourth-order valence-electron chi connectivity index (χ4n) is 5.96. The van der Waals surface area contributed by atoms with Crippen molar-refractivity contribution in [3.8, 4) is 28.7 Å². The van der Waals surface area contributed by atoms with E-state index in [1.54, 1.807) is 42.5 Å². The highest BCUT2D eigenvalue weighted by Crippen LogP contribution is 2.20. The van der Waals surface area contributed by atoms with Gasteiger partial charge >= 0.3 is 5.97 Å². The summed E-state index contributed by atoms with van der Waals surface area (Å²) in [7, 11) is 0. The standard InChI is InChI=1S/C45H38FN5O7/c46-36-9-5-4-8-34(36)17-21-38-43(54)51-40(45(56)57)27-31-12-18-35(19-13-31)58-28-41(52)48-37(20-14-29-22-24-47-25-23-29)42(53)50-39(44(55)49-38)26-30-10-15-33(16-11-30)32-6-2-1-3-7-32/h1-13,15-19,21-25,37-40H,26-28H2,(H,48,52)(H,49,55)(H,50,53)(H,51,54)(H,56,57). The lowest BCUT2D eigenvalue weighted by atomic mass is 9.99. The fourth-order valence-corrected chi connectivity index (χ4v) is 5.96. The third-order valence-electron chi connectivity index (χ3n) is 9.04. The van der Waals surface area contributed by atoms with Crippen LogP contribution in [0, 0.1) is 17.7 Å². The van der Waals surface area contributed by atoms with Crippen LogP contribution in [0.1, 0.15) is 22.3 Å². The molecule has 2 aliphatic rings. The summed E-state index contributed by atoms with van der Waals surface area (Å²) >= 11 is 0. The molecular weight excluding hydrogens is 742 g/mol. The summed E-state index contributed by atoms with van der Waals surface area (Å²) in [6.45, 7) is -0.498. The van der Waals surface area contributed by atoms with Gasteiger partial charge in [-0.25, -0.2) is 9.18 Å². The molecule has 12 nitrogen and oxygen atoms in total. The smallest absolute Gasteiger partial charge is 0.326 e. The third-order valence-corrected chi connectivity index (χ3v) is 9.04. The lowest BCUT2D eigenvalue weighted by molar-refractivity contribution is -0.142. The third kappa shape index (κ3) is 11.2. The molecule has 4 unspecified atom stereocenters. The van der Waals surface area contributed by atoms with E-state index in [9.17, 15) is 33.5 Å². The van der Waals surface area contributed by atoms with Gasteiger partial charge in [-0.05, 0) is 52.6 Å². The molecular formula is C45H38FN5O7. The van der Waals surface area contributed by atoms with Crippen LogP contribution in [0.2, 0.25) is 0 Å². The van der Waals surface area contributed by atoms with Crippen molar-refractivity contribution in [1.82, 2.24) is 26.3 Å². The first kappa shape index (κ1) is 40.1. The summed E-state index contributed by atoms with van der Waals surface area (Å²) in [5, 5.41) is 20.4. The minimum atomic E-state index is -1.53. The lowest BCUT2D eigenvalue weighted by Gasteiger charge is -2.24. The average Bonchev–Trinajstić information content (AvgIpc) is 3.24. The Kier molecular flexibility index (Phi) is 13.4. The molecule has 292 valence electrons. The number of nitrogens with one attached hydrogen (secondary N) is 4. The van der Waals surface area contributed by atoms with E-state index >= 15 is 0 Å². The first-order valence-corrected chi connectivity index (χ1v) is 18.2. The zero-order chi connectivity index (χ0) is 40.9. The molecule has 0 radical (unpaired) electrons. The molecule has 0 aliphatic carbocycles. The lowest BCUT2D eigenvalue weighted by Crippen LogP contribution is -2.58. The van der Waals surface area contributed by atoms with E-state index in [4.69, 9.17) is 4.74 Å². The normalized spacial score (nSPS) is 19.1. The van der Waals surface area contributed by atoms with E-state index in [0.717, 1.165) is 11.1 Å². The number of hydrogen-bond acceptors (Lipinski definition) is 7. The minimum Gasteiger partial charge on any atom is -0.484 e. The van der Waals surface area contributed by atoms with Crippen LogP contribution in [-0.4, -0.2) is 70.5 Å². The molecule has 7 rings (SSSR count). The number of benzene rings is 4. The van der Waals surface area contributed by atoms with E-state index in [-0.39, 0.29) is 24.2 Å². The number of rotatable bonds is 6. The monoisotopic (exact) mass is 779 g/mol. The van der Waals surface area contributed by atoms with Crippen LogP contribution in [-0.2, 0) is 36.8 Å². The molecule has 1 aromatic heterocycles. The van der Waals surface area contributed by atoms with E-state index in [1.165, 1.54) is 54.9 Å². The van der Waals surface area contributed by atoms with Crippen molar-refractivity contribution in [2.45, 2.75) is 37.0 Å². The summed E-state index contributed by atoms with van der Waals surface area (Å²) in [4.78, 5) is 71.7. The number of nitrogens with zero attached hydrogens (tertiary/aromatic N) is 1. The highest BCUT2D eigenvalue weighted by molar-refractivity contribution is 5.97. The van der Waals surface area contributed by atoms with Crippen LogP contribution in [0.3, 0.4) is 0 Å². The average molecular weight is 780 g/mol. The molecule has 0 fully saturated rings. The van der Waals surface area contributed by atoms with Crippen LogP contribution in [0.15, 0.2) is 134 Å². The molecule has 0 saturated heterocycles. The molecule has 13 heteroatoms. The van der Waals surface area contributed by atoms with Gasteiger partial charge < -0.3 is 31.1 Å². The summed E-state index contributed by atoms with van der Waals surface area (Å²) in [5.41, 5.74) is 3.64. The van der Waals surface area contributed by atoms with Gasteiger partial charge in [0.2, 0.25) is 11.8 Å². The van der Waals surface area contributed by atoms with Gasteiger partial charge in [0.1, 0.15) is 29.7 Å². The Morgan fingerprint density at radius 2 is 1.47 bits per heavy atom. The van der Waals surface area contributed by atoms with Crippen molar-refractivity contribution in [2.75, 3.05) is 6.61 Å². The number of halogens is 1. The Hall–Kier alpha value is -7.59. The largest absolute Gasteiger partial charge is 0.484 e. The van der Waals surface area contributed by atoms with Gasteiger partial charge in [0.25, 0.3) is 11.8 Å².